The van der Waals surface area contributed by atoms with Gasteiger partial charge in [0.2, 0.25) is 0 Å². The maximum absolute atomic E-state index is 4.42. The quantitative estimate of drug-likeness (QED) is 0.245. The molecule has 0 aliphatic carbocycles. The van der Waals surface area contributed by atoms with Crippen LogP contribution in [0.4, 0.5) is 0 Å². The van der Waals surface area contributed by atoms with E-state index < -0.39 is 0 Å². The van der Waals surface area contributed by atoms with Crippen molar-refractivity contribution in [2.45, 2.75) is 0 Å². The fraction of sp³-hybridized carbons (Fsp3) is 0. The number of pyridine rings is 6. The third kappa shape index (κ3) is 6.40. The van der Waals surface area contributed by atoms with E-state index in [-0.39, 0.29) is 19.5 Å². The monoisotopic (exact) mass is 530 g/mol. The van der Waals surface area contributed by atoms with Gasteiger partial charge in [-0.2, -0.15) is 0 Å². The predicted molar refractivity (Wildman–Crippen MR) is 141 cm³/mol. The van der Waals surface area contributed by atoms with E-state index in [2.05, 4.69) is 29.9 Å². The minimum atomic E-state index is 0. The van der Waals surface area contributed by atoms with E-state index in [9.17, 15) is 0 Å². The van der Waals surface area contributed by atoms with Crippen molar-refractivity contribution in [1.82, 2.24) is 29.9 Å². The molecule has 0 N–H and O–H groups in total. The number of rotatable bonds is 4. The molecular formula is C30H22N6Zn. The topological polar surface area (TPSA) is 77.3 Å². The minimum absolute atomic E-state index is 0. The van der Waals surface area contributed by atoms with Gasteiger partial charge >= 0.3 is 0 Å². The average molecular weight is 532 g/mol. The van der Waals surface area contributed by atoms with Crippen LogP contribution >= 0.6 is 0 Å². The van der Waals surface area contributed by atoms with Gasteiger partial charge < -0.3 is 0 Å². The van der Waals surface area contributed by atoms with Crippen molar-refractivity contribution in [2.75, 3.05) is 0 Å². The van der Waals surface area contributed by atoms with E-state index in [0.29, 0.717) is 0 Å². The van der Waals surface area contributed by atoms with Crippen LogP contribution in [0.1, 0.15) is 0 Å². The van der Waals surface area contributed by atoms with E-state index in [4.69, 9.17) is 0 Å². The van der Waals surface area contributed by atoms with Crippen LogP contribution in [0.25, 0.3) is 45.3 Å². The molecule has 37 heavy (non-hydrogen) atoms. The van der Waals surface area contributed by atoms with Gasteiger partial charge in [-0.25, -0.2) is 0 Å². The second-order valence-corrected chi connectivity index (χ2v) is 7.66. The van der Waals surface area contributed by atoms with Gasteiger partial charge in [-0.05, 0) is 72.8 Å². The van der Waals surface area contributed by atoms with Crippen LogP contribution in [0.5, 0.6) is 0 Å². The number of aromatic nitrogens is 6. The molecule has 0 aliphatic rings. The Hall–Kier alpha value is -4.48. The van der Waals surface area contributed by atoms with E-state index in [1.807, 2.05) is 97.1 Å². The molecule has 7 heteroatoms. The van der Waals surface area contributed by atoms with Crippen molar-refractivity contribution < 1.29 is 19.5 Å². The van der Waals surface area contributed by atoms with Gasteiger partial charge in [-0.1, -0.05) is 24.3 Å². The van der Waals surface area contributed by atoms with Crippen LogP contribution in [0.3, 0.4) is 0 Å². The molecule has 6 aromatic rings. The second-order valence-electron chi connectivity index (χ2n) is 7.66. The summed E-state index contributed by atoms with van der Waals surface area (Å²) >= 11 is 0. The van der Waals surface area contributed by atoms with E-state index in [1.165, 1.54) is 0 Å². The van der Waals surface area contributed by atoms with Gasteiger partial charge in [0.05, 0.1) is 34.2 Å². The molecule has 6 rings (SSSR count). The molecule has 0 saturated heterocycles. The van der Waals surface area contributed by atoms with Crippen LogP contribution in [0, 0.1) is 0 Å². The van der Waals surface area contributed by atoms with E-state index in [0.717, 1.165) is 45.3 Å². The third-order valence-corrected chi connectivity index (χ3v) is 5.31. The SMILES string of the molecule is [Zn].c1ccc(-c2cccnc2-c2ccccn2)nc1.c1ccc(-c2cccnc2-c2ccccn2)nc1. The maximum atomic E-state index is 4.42. The largest absolute Gasteiger partial charge is 0.256 e. The molecule has 0 bridgehead atoms. The van der Waals surface area contributed by atoms with E-state index >= 15 is 0 Å². The average Bonchev–Trinajstić information content (AvgIpc) is 2.99. The first kappa shape index (κ1) is 25.6. The Kier molecular flexibility index (Phi) is 9.00. The Morgan fingerprint density at radius 2 is 0.622 bits per heavy atom. The van der Waals surface area contributed by atoms with Crippen molar-refractivity contribution in [3.05, 3.63) is 134 Å². The first-order valence-corrected chi connectivity index (χ1v) is 11.5. The molecule has 0 fully saturated rings. The molecular weight excluding hydrogens is 510 g/mol. The van der Waals surface area contributed by atoms with Gasteiger partial charge in [0.25, 0.3) is 0 Å². The molecule has 0 radical (unpaired) electrons. The molecule has 0 aromatic carbocycles. The Balaban J connectivity index is 0.000000168. The molecule has 0 saturated carbocycles. The van der Waals surface area contributed by atoms with Crippen LogP contribution in [-0.2, 0) is 19.5 Å². The Morgan fingerprint density at radius 1 is 0.297 bits per heavy atom. The molecule has 6 aromatic heterocycles. The van der Waals surface area contributed by atoms with Crippen LogP contribution in [0.15, 0.2) is 134 Å². The summed E-state index contributed by atoms with van der Waals surface area (Å²) in [6.45, 7) is 0. The fourth-order valence-electron chi connectivity index (χ4n) is 3.68. The third-order valence-electron chi connectivity index (χ3n) is 5.31. The van der Waals surface area contributed by atoms with Crippen molar-refractivity contribution in [3.8, 4) is 45.3 Å². The summed E-state index contributed by atoms with van der Waals surface area (Å²) in [5.74, 6) is 0. The van der Waals surface area contributed by atoms with Crippen LogP contribution in [-0.4, -0.2) is 29.9 Å². The van der Waals surface area contributed by atoms with Gasteiger partial charge in [-0.3, -0.25) is 29.9 Å². The van der Waals surface area contributed by atoms with Crippen molar-refractivity contribution >= 4 is 0 Å². The van der Waals surface area contributed by atoms with Crippen molar-refractivity contribution in [3.63, 3.8) is 0 Å². The fourth-order valence-corrected chi connectivity index (χ4v) is 3.68. The van der Waals surface area contributed by atoms with Gasteiger partial charge in [-0.15, -0.1) is 0 Å². The Labute approximate surface area is 228 Å². The zero-order valence-corrected chi connectivity index (χ0v) is 23.1. The van der Waals surface area contributed by atoms with Crippen LogP contribution in [0.2, 0.25) is 0 Å². The second kappa shape index (κ2) is 13.0. The smallest absolute Gasteiger partial charge is 0.0980 e. The number of hydrogen-bond donors (Lipinski definition) is 0. The van der Waals surface area contributed by atoms with Gasteiger partial charge in [0, 0.05) is 67.8 Å². The standard InChI is InChI=1S/2C15H11N3.Zn/c2*1-3-9-16-13(7-1)12-6-5-11-18-15(12)14-8-2-4-10-17-14;/h2*1-11H;. The van der Waals surface area contributed by atoms with Gasteiger partial charge in [0.1, 0.15) is 0 Å². The summed E-state index contributed by atoms with van der Waals surface area (Å²) in [5, 5.41) is 0. The van der Waals surface area contributed by atoms with E-state index in [1.54, 1.807) is 37.2 Å². The zero-order chi connectivity index (χ0) is 24.4. The number of nitrogens with zero attached hydrogens (tertiary/aromatic N) is 6. The first-order chi connectivity index (χ1) is 17.9. The van der Waals surface area contributed by atoms with Gasteiger partial charge in [0.15, 0.2) is 0 Å². The Bertz CT molecular complexity index is 1280. The summed E-state index contributed by atoms with van der Waals surface area (Å²) < 4.78 is 0. The summed E-state index contributed by atoms with van der Waals surface area (Å²) in [6.07, 6.45) is 10.7. The molecule has 0 amide bonds. The first-order valence-electron chi connectivity index (χ1n) is 11.5. The normalized spacial score (nSPS) is 9.95. The Morgan fingerprint density at radius 3 is 0.946 bits per heavy atom. The van der Waals surface area contributed by atoms with Crippen molar-refractivity contribution in [2.24, 2.45) is 0 Å². The molecule has 0 unspecified atom stereocenters. The molecule has 6 nitrogen and oxygen atoms in total. The summed E-state index contributed by atoms with van der Waals surface area (Å²) in [4.78, 5) is 26.3. The molecule has 0 spiro atoms. The maximum Gasteiger partial charge on any atom is 0.0980 e. The number of hydrogen-bond acceptors (Lipinski definition) is 6. The minimum Gasteiger partial charge on any atom is -0.256 e. The summed E-state index contributed by atoms with van der Waals surface area (Å²) in [5.41, 5.74) is 7.25. The van der Waals surface area contributed by atoms with Crippen LogP contribution < -0.4 is 0 Å². The molecule has 0 aliphatic heterocycles. The molecule has 0 atom stereocenters. The summed E-state index contributed by atoms with van der Waals surface area (Å²) in [7, 11) is 0. The predicted octanol–water partition coefficient (Wildman–Crippen LogP) is 6.41. The zero-order valence-electron chi connectivity index (χ0n) is 20.1. The summed E-state index contributed by atoms with van der Waals surface area (Å²) in [6, 6.07) is 31.2. The molecule has 6 heterocycles. The molecule has 174 valence electrons. The van der Waals surface area contributed by atoms with Crippen molar-refractivity contribution in [1.29, 1.82) is 0 Å².